The zero-order valence-electron chi connectivity index (χ0n) is 18.4. The van der Waals surface area contributed by atoms with Crippen LogP contribution in [0.5, 0.6) is 5.88 Å². The lowest BCUT2D eigenvalue weighted by Gasteiger charge is -2.33. The second-order valence-electron chi connectivity index (χ2n) is 9.45. The van der Waals surface area contributed by atoms with Gasteiger partial charge in [-0.1, -0.05) is 11.6 Å². The van der Waals surface area contributed by atoms with Gasteiger partial charge < -0.3 is 18.8 Å². The van der Waals surface area contributed by atoms with Gasteiger partial charge in [-0.25, -0.2) is 14.8 Å². The lowest BCUT2D eigenvalue weighted by molar-refractivity contribution is 0.0183. The normalized spacial score (nSPS) is 17.6. The van der Waals surface area contributed by atoms with Gasteiger partial charge in [-0.3, -0.25) is 0 Å². The fourth-order valence-corrected chi connectivity index (χ4v) is 3.99. The summed E-state index contributed by atoms with van der Waals surface area (Å²) in [6, 6.07) is 1.94. The van der Waals surface area contributed by atoms with E-state index in [1.54, 1.807) is 11.1 Å². The topological polar surface area (TPSA) is 77.7 Å². The minimum atomic E-state index is -0.467. The highest BCUT2D eigenvalue weighted by molar-refractivity contribution is 6.31. The Morgan fingerprint density at radius 3 is 2.58 bits per heavy atom. The van der Waals surface area contributed by atoms with Crippen LogP contribution in [0, 0.1) is 5.92 Å². The smallest absolute Gasteiger partial charge is 0.410 e. The van der Waals surface area contributed by atoms with Crippen LogP contribution < -0.4 is 4.74 Å². The Bertz CT molecular complexity index is 912. The average molecular weight is 448 g/mol. The van der Waals surface area contributed by atoms with Gasteiger partial charge in [0.15, 0.2) is 6.61 Å². The number of oxazole rings is 1. The molecule has 1 saturated carbocycles. The molecule has 0 unspecified atom stereocenters. The molecule has 168 valence electrons. The Kier molecular flexibility index (Phi) is 6.42. The number of nitrogens with zero attached hydrogens (tertiary/aromatic N) is 3. The van der Waals surface area contributed by atoms with E-state index < -0.39 is 5.60 Å². The van der Waals surface area contributed by atoms with Crippen molar-refractivity contribution in [3.63, 3.8) is 0 Å². The number of hydrogen-bond acceptors (Lipinski definition) is 6. The standard InChI is InChI=1S/C23H30ClN3O4/c1-23(2,3)31-22(28)27-8-6-15(7-9-27)10-18-13-25-20(30-18)14-29-21-19(24)11-17(12-26-21)16-4-5-16/h11-13,15-16H,4-10,14H2,1-3H3. The van der Waals surface area contributed by atoms with Crippen LogP contribution in [0.4, 0.5) is 4.79 Å². The number of halogens is 1. The number of rotatable bonds is 6. The summed E-state index contributed by atoms with van der Waals surface area (Å²) >= 11 is 6.30. The number of likely N-dealkylation sites (tertiary alicyclic amines) is 1. The lowest BCUT2D eigenvalue weighted by Crippen LogP contribution is -2.42. The molecule has 4 rings (SSSR count). The van der Waals surface area contributed by atoms with E-state index in [1.165, 1.54) is 18.4 Å². The van der Waals surface area contributed by atoms with Crippen molar-refractivity contribution in [2.75, 3.05) is 13.1 Å². The Morgan fingerprint density at radius 2 is 1.94 bits per heavy atom. The van der Waals surface area contributed by atoms with Crippen LogP contribution in [0.15, 0.2) is 22.9 Å². The molecule has 2 fully saturated rings. The third-order valence-electron chi connectivity index (χ3n) is 5.57. The molecule has 2 aromatic heterocycles. The molecular formula is C23H30ClN3O4. The highest BCUT2D eigenvalue weighted by Crippen LogP contribution is 2.41. The van der Waals surface area contributed by atoms with Gasteiger partial charge in [0.1, 0.15) is 16.4 Å². The van der Waals surface area contributed by atoms with Crippen LogP contribution in [0.3, 0.4) is 0 Å². The largest absolute Gasteiger partial charge is 0.467 e. The van der Waals surface area contributed by atoms with Crippen molar-refractivity contribution >= 4 is 17.7 Å². The summed E-state index contributed by atoms with van der Waals surface area (Å²) in [7, 11) is 0. The van der Waals surface area contributed by atoms with Gasteiger partial charge in [-0.2, -0.15) is 0 Å². The van der Waals surface area contributed by atoms with E-state index in [1.807, 2.05) is 33.0 Å². The fourth-order valence-electron chi connectivity index (χ4n) is 3.76. The van der Waals surface area contributed by atoms with Crippen LogP contribution in [-0.2, 0) is 17.8 Å². The molecule has 0 aromatic carbocycles. The molecule has 1 saturated heterocycles. The highest BCUT2D eigenvalue weighted by atomic mass is 35.5. The molecule has 1 aliphatic carbocycles. The zero-order valence-corrected chi connectivity index (χ0v) is 19.2. The molecular weight excluding hydrogens is 418 g/mol. The first-order valence-electron chi connectivity index (χ1n) is 11.0. The Hall–Kier alpha value is -2.28. The van der Waals surface area contributed by atoms with Crippen LogP contribution in [-0.4, -0.2) is 39.7 Å². The van der Waals surface area contributed by atoms with Crippen molar-refractivity contribution in [3.8, 4) is 5.88 Å². The number of pyridine rings is 1. The molecule has 1 amide bonds. The summed E-state index contributed by atoms with van der Waals surface area (Å²) < 4.78 is 17.0. The van der Waals surface area contributed by atoms with Crippen molar-refractivity contribution in [1.29, 1.82) is 0 Å². The first-order chi connectivity index (χ1) is 14.8. The van der Waals surface area contributed by atoms with Gasteiger partial charge in [-0.15, -0.1) is 0 Å². The van der Waals surface area contributed by atoms with Gasteiger partial charge in [0, 0.05) is 25.7 Å². The van der Waals surface area contributed by atoms with E-state index in [9.17, 15) is 4.79 Å². The molecule has 0 N–H and O–H groups in total. The maximum absolute atomic E-state index is 12.2. The van der Waals surface area contributed by atoms with Gasteiger partial charge in [0.05, 0.1) is 6.20 Å². The van der Waals surface area contributed by atoms with Crippen molar-refractivity contribution in [2.24, 2.45) is 5.92 Å². The lowest BCUT2D eigenvalue weighted by atomic mass is 9.93. The third kappa shape index (κ3) is 6.12. The van der Waals surface area contributed by atoms with Crippen molar-refractivity contribution in [2.45, 2.75) is 71.0 Å². The minimum Gasteiger partial charge on any atom is -0.467 e. The summed E-state index contributed by atoms with van der Waals surface area (Å²) in [5.74, 6) is 2.79. The van der Waals surface area contributed by atoms with E-state index in [0.717, 1.165) is 25.0 Å². The van der Waals surface area contributed by atoms with Crippen LogP contribution in [0.25, 0.3) is 0 Å². The molecule has 3 heterocycles. The summed E-state index contributed by atoms with van der Waals surface area (Å²) in [5, 5.41) is 0.521. The molecule has 8 heteroatoms. The molecule has 2 aromatic rings. The molecule has 7 nitrogen and oxygen atoms in total. The van der Waals surface area contributed by atoms with Crippen LogP contribution in [0.2, 0.25) is 5.02 Å². The molecule has 0 radical (unpaired) electrons. The SMILES string of the molecule is CC(C)(C)OC(=O)N1CCC(Cc2cnc(COc3ncc(C4CC4)cc3Cl)o2)CC1. The zero-order chi connectivity index (χ0) is 22.0. The van der Waals surface area contributed by atoms with Crippen LogP contribution in [0.1, 0.15) is 69.6 Å². The van der Waals surface area contributed by atoms with Crippen molar-refractivity contribution < 1.29 is 18.7 Å². The predicted octanol–water partition coefficient (Wildman–Crippen LogP) is 5.37. The van der Waals surface area contributed by atoms with Crippen molar-refractivity contribution in [3.05, 3.63) is 40.7 Å². The van der Waals surface area contributed by atoms with E-state index in [0.29, 0.717) is 41.7 Å². The van der Waals surface area contributed by atoms with E-state index >= 15 is 0 Å². The minimum absolute atomic E-state index is 0.187. The number of hydrogen-bond donors (Lipinski definition) is 0. The number of carbonyl (C=O) groups is 1. The summed E-state index contributed by atoms with van der Waals surface area (Å²) in [5.41, 5.74) is 0.707. The molecule has 0 spiro atoms. The molecule has 0 atom stereocenters. The third-order valence-corrected chi connectivity index (χ3v) is 5.84. The summed E-state index contributed by atoms with van der Waals surface area (Å²) in [6.45, 7) is 7.24. The molecule has 31 heavy (non-hydrogen) atoms. The summed E-state index contributed by atoms with van der Waals surface area (Å²) in [6.07, 6.45) is 8.40. The molecule has 2 aliphatic rings. The van der Waals surface area contributed by atoms with E-state index in [-0.39, 0.29) is 12.7 Å². The Balaban J connectivity index is 1.23. The van der Waals surface area contributed by atoms with Gasteiger partial charge >= 0.3 is 6.09 Å². The number of aromatic nitrogens is 2. The van der Waals surface area contributed by atoms with Gasteiger partial charge in [-0.05, 0) is 69.9 Å². The summed E-state index contributed by atoms with van der Waals surface area (Å²) in [4.78, 5) is 22.6. The molecule has 1 aliphatic heterocycles. The number of ether oxygens (including phenoxy) is 2. The predicted molar refractivity (Wildman–Crippen MR) is 116 cm³/mol. The first kappa shape index (κ1) is 21.9. The number of piperidine rings is 1. The van der Waals surface area contributed by atoms with E-state index in [4.69, 9.17) is 25.5 Å². The fraction of sp³-hybridized carbons (Fsp3) is 0.609. The maximum atomic E-state index is 12.2. The van der Waals surface area contributed by atoms with Gasteiger partial charge in [0.2, 0.25) is 11.8 Å². The Morgan fingerprint density at radius 1 is 1.19 bits per heavy atom. The highest BCUT2D eigenvalue weighted by Gasteiger charge is 2.28. The quantitative estimate of drug-likeness (QED) is 0.592. The maximum Gasteiger partial charge on any atom is 0.410 e. The van der Waals surface area contributed by atoms with Crippen molar-refractivity contribution in [1.82, 2.24) is 14.9 Å². The average Bonchev–Trinajstić information content (AvgIpc) is 3.47. The monoisotopic (exact) mass is 447 g/mol. The van der Waals surface area contributed by atoms with E-state index in [2.05, 4.69) is 9.97 Å². The van der Waals surface area contributed by atoms with Gasteiger partial charge in [0.25, 0.3) is 0 Å². The first-order valence-corrected chi connectivity index (χ1v) is 11.3. The Labute approximate surface area is 188 Å². The number of amides is 1. The second kappa shape index (κ2) is 9.07. The van der Waals surface area contributed by atoms with Crippen LogP contribution >= 0.6 is 11.6 Å². The number of carbonyl (C=O) groups excluding carboxylic acids is 1. The molecule has 0 bridgehead atoms. The second-order valence-corrected chi connectivity index (χ2v) is 9.86.